The largest absolute Gasteiger partial charge is 0.340 e. The Morgan fingerprint density at radius 1 is 1.44 bits per heavy atom. The smallest absolute Gasteiger partial charge is 0.255 e. The number of carbonyl (C=O) groups is 1. The number of halogens is 2. The number of hydrogen-bond donors (Lipinski definition) is 1. The van der Waals surface area contributed by atoms with Crippen LogP contribution in [0.4, 0.5) is 0 Å². The van der Waals surface area contributed by atoms with Crippen LogP contribution in [0.5, 0.6) is 0 Å². The normalized spacial score (nSPS) is 10.2. The maximum absolute atomic E-state index is 12.0. The molecule has 16 heavy (non-hydrogen) atoms. The van der Waals surface area contributed by atoms with Crippen molar-refractivity contribution in [2.75, 3.05) is 27.2 Å². The minimum Gasteiger partial charge on any atom is -0.340 e. The molecular weight excluding hydrogens is 247 g/mol. The maximum atomic E-state index is 12.0. The highest BCUT2D eigenvalue weighted by Crippen LogP contribution is 2.21. The van der Waals surface area contributed by atoms with Crippen LogP contribution in [-0.2, 0) is 0 Å². The Kier molecular flexibility index (Phi) is 5.06. The van der Waals surface area contributed by atoms with Gasteiger partial charge in [0.2, 0.25) is 0 Å². The summed E-state index contributed by atoms with van der Waals surface area (Å²) in [5.74, 6) is -0.122. The topological polar surface area (TPSA) is 32.3 Å². The van der Waals surface area contributed by atoms with Crippen LogP contribution >= 0.6 is 23.2 Å². The molecule has 0 atom stereocenters. The fourth-order valence-electron chi connectivity index (χ4n) is 1.25. The van der Waals surface area contributed by atoms with Crippen molar-refractivity contribution in [3.05, 3.63) is 33.8 Å². The Balaban J connectivity index is 2.83. The van der Waals surface area contributed by atoms with Crippen molar-refractivity contribution in [2.45, 2.75) is 0 Å². The molecule has 0 bridgehead atoms. The Labute approximate surface area is 105 Å². The lowest BCUT2D eigenvalue weighted by atomic mass is 10.2. The van der Waals surface area contributed by atoms with Gasteiger partial charge in [-0.25, -0.2) is 0 Å². The Morgan fingerprint density at radius 3 is 2.75 bits per heavy atom. The zero-order valence-corrected chi connectivity index (χ0v) is 10.8. The van der Waals surface area contributed by atoms with Crippen LogP contribution in [0.2, 0.25) is 10.0 Å². The average Bonchev–Trinajstić information content (AvgIpc) is 2.28. The first kappa shape index (κ1) is 13.3. The van der Waals surface area contributed by atoms with E-state index >= 15 is 0 Å². The maximum Gasteiger partial charge on any atom is 0.255 e. The van der Waals surface area contributed by atoms with Gasteiger partial charge in [0.05, 0.1) is 10.6 Å². The van der Waals surface area contributed by atoms with Crippen molar-refractivity contribution in [1.29, 1.82) is 0 Å². The number of rotatable bonds is 4. The van der Waals surface area contributed by atoms with Gasteiger partial charge in [0, 0.05) is 25.2 Å². The highest BCUT2D eigenvalue weighted by atomic mass is 35.5. The fourth-order valence-corrected chi connectivity index (χ4v) is 1.62. The molecule has 0 saturated carbocycles. The van der Waals surface area contributed by atoms with Gasteiger partial charge in [-0.2, -0.15) is 0 Å². The minimum absolute atomic E-state index is 0.122. The van der Waals surface area contributed by atoms with Crippen LogP contribution in [0, 0.1) is 0 Å². The van der Waals surface area contributed by atoms with Gasteiger partial charge in [-0.05, 0) is 25.2 Å². The van der Waals surface area contributed by atoms with Gasteiger partial charge in [-0.3, -0.25) is 4.79 Å². The van der Waals surface area contributed by atoms with Crippen molar-refractivity contribution in [3.63, 3.8) is 0 Å². The molecule has 3 nitrogen and oxygen atoms in total. The number of nitrogens with one attached hydrogen (secondary N) is 1. The van der Waals surface area contributed by atoms with Gasteiger partial charge in [0.25, 0.3) is 5.91 Å². The van der Waals surface area contributed by atoms with Gasteiger partial charge in [0.15, 0.2) is 0 Å². The van der Waals surface area contributed by atoms with Crippen LogP contribution in [-0.4, -0.2) is 38.0 Å². The van der Waals surface area contributed by atoms with Gasteiger partial charge in [-0.1, -0.05) is 23.2 Å². The van der Waals surface area contributed by atoms with E-state index in [0.29, 0.717) is 22.2 Å². The zero-order valence-electron chi connectivity index (χ0n) is 9.26. The second-order valence-electron chi connectivity index (χ2n) is 3.45. The Bertz CT molecular complexity index is 382. The molecule has 5 heteroatoms. The molecule has 1 aromatic carbocycles. The molecule has 0 aliphatic rings. The second kappa shape index (κ2) is 6.09. The van der Waals surface area contributed by atoms with E-state index in [1.54, 1.807) is 30.1 Å². The standard InChI is InChI=1S/C11H14Cl2N2O/c1-14-5-6-15(2)11(16)9-7-8(12)3-4-10(9)13/h3-4,7,14H,5-6H2,1-2H3. The zero-order chi connectivity index (χ0) is 12.1. The molecule has 0 aromatic heterocycles. The summed E-state index contributed by atoms with van der Waals surface area (Å²) >= 11 is 11.8. The number of benzene rings is 1. The number of likely N-dealkylation sites (N-methyl/N-ethyl adjacent to an activating group) is 2. The third kappa shape index (κ3) is 3.37. The Hall–Kier alpha value is -0.770. The van der Waals surface area contributed by atoms with Crippen molar-refractivity contribution in [2.24, 2.45) is 0 Å². The molecule has 1 amide bonds. The highest BCUT2D eigenvalue weighted by molar-refractivity contribution is 6.35. The molecular formula is C11H14Cl2N2O. The summed E-state index contributed by atoms with van der Waals surface area (Å²) in [4.78, 5) is 13.6. The first-order valence-electron chi connectivity index (χ1n) is 4.91. The number of hydrogen-bond acceptors (Lipinski definition) is 2. The van der Waals surface area contributed by atoms with Gasteiger partial charge in [-0.15, -0.1) is 0 Å². The van der Waals surface area contributed by atoms with E-state index < -0.39 is 0 Å². The molecule has 1 rings (SSSR count). The van der Waals surface area contributed by atoms with Crippen molar-refractivity contribution in [3.8, 4) is 0 Å². The molecule has 0 spiro atoms. The summed E-state index contributed by atoms with van der Waals surface area (Å²) in [6.07, 6.45) is 0. The van der Waals surface area contributed by atoms with E-state index in [1.165, 1.54) is 0 Å². The fraction of sp³-hybridized carbons (Fsp3) is 0.364. The summed E-state index contributed by atoms with van der Waals surface area (Å²) in [5.41, 5.74) is 0.438. The van der Waals surface area contributed by atoms with Crippen molar-refractivity contribution >= 4 is 29.1 Å². The first-order valence-corrected chi connectivity index (χ1v) is 5.67. The number of carbonyl (C=O) groups excluding carboxylic acids is 1. The lowest BCUT2D eigenvalue weighted by Gasteiger charge is -2.17. The van der Waals surface area contributed by atoms with Crippen LogP contribution in [0.3, 0.4) is 0 Å². The van der Waals surface area contributed by atoms with E-state index in [1.807, 2.05) is 7.05 Å². The lowest BCUT2D eigenvalue weighted by molar-refractivity contribution is 0.0797. The van der Waals surface area contributed by atoms with E-state index in [0.717, 1.165) is 6.54 Å². The SMILES string of the molecule is CNCCN(C)C(=O)c1cc(Cl)ccc1Cl. The molecule has 1 N–H and O–H groups in total. The van der Waals surface area contributed by atoms with Crippen molar-refractivity contribution < 1.29 is 4.79 Å². The van der Waals surface area contributed by atoms with Gasteiger partial charge < -0.3 is 10.2 Å². The third-order valence-corrected chi connectivity index (χ3v) is 2.77. The van der Waals surface area contributed by atoms with Crippen LogP contribution in [0.1, 0.15) is 10.4 Å². The highest BCUT2D eigenvalue weighted by Gasteiger charge is 2.14. The monoisotopic (exact) mass is 260 g/mol. The molecule has 0 unspecified atom stereocenters. The van der Waals surface area contributed by atoms with Crippen LogP contribution in [0.25, 0.3) is 0 Å². The summed E-state index contributed by atoms with van der Waals surface area (Å²) in [7, 11) is 3.57. The molecule has 88 valence electrons. The number of amides is 1. The molecule has 0 aliphatic heterocycles. The lowest BCUT2D eigenvalue weighted by Crippen LogP contribution is -2.32. The molecule has 0 fully saturated rings. The van der Waals surface area contributed by atoms with Gasteiger partial charge >= 0.3 is 0 Å². The van der Waals surface area contributed by atoms with E-state index in [-0.39, 0.29) is 5.91 Å². The molecule has 1 aromatic rings. The summed E-state index contributed by atoms with van der Waals surface area (Å²) in [6, 6.07) is 4.87. The molecule has 0 heterocycles. The first-order chi connectivity index (χ1) is 7.56. The molecule has 0 saturated heterocycles. The predicted octanol–water partition coefficient (Wildman–Crippen LogP) is 2.28. The van der Waals surface area contributed by atoms with E-state index in [2.05, 4.69) is 5.32 Å². The summed E-state index contributed by atoms with van der Waals surface area (Å²) < 4.78 is 0. The van der Waals surface area contributed by atoms with E-state index in [4.69, 9.17) is 23.2 Å². The second-order valence-corrected chi connectivity index (χ2v) is 4.30. The van der Waals surface area contributed by atoms with Crippen LogP contribution < -0.4 is 5.32 Å². The third-order valence-electron chi connectivity index (χ3n) is 2.20. The molecule has 0 aliphatic carbocycles. The van der Waals surface area contributed by atoms with E-state index in [9.17, 15) is 4.79 Å². The molecule has 0 radical (unpaired) electrons. The minimum atomic E-state index is -0.122. The summed E-state index contributed by atoms with van der Waals surface area (Å²) in [5, 5.41) is 3.91. The predicted molar refractivity (Wildman–Crippen MR) is 67.3 cm³/mol. The Morgan fingerprint density at radius 2 is 2.12 bits per heavy atom. The summed E-state index contributed by atoms with van der Waals surface area (Å²) in [6.45, 7) is 1.36. The quantitative estimate of drug-likeness (QED) is 0.901. The van der Waals surface area contributed by atoms with Gasteiger partial charge in [0.1, 0.15) is 0 Å². The van der Waals surface area contributed by atoms with Crippen LogP contribution in [0.15, 0.2) is 18.2 Å². The average molecular weight is 261 g/mol. The van der Waals surface area contributed by atoms with Crippen molar-refractivity contribution in [1.82, 2.24) is 10.2 Å². The number of nitrogens with zero attached hydrogens (tertiary/aromatic N) is 1.